The summed E-state index contributed by atoms with van der Waals surface area (Å²) in [6.45, 7) is 4.22. The van der Waals surface area contributed by atoms with Gasteiger partial charge in [-0.25, -0.2) is 10.9 Å². The third-order valence-corrected chi connectivity index (χ3v) is 5.43. The van der Waals surface area contributed by atoms with Crippen LogP contribution in [-0.2, 0) is 4.79 Å². The van der Waals surface area contributed by atoms with Crippen LogP contribution >= 0.6 is 0 Å². The molecule has 2 fully saturated rings. The molecular formula is C21H25N5O2. The van der Waals surface area contributed by atoms with E-state index in [4.69, 9.17) is 0 Å². The quantitative estimate of drug-likeness (QED) is 0.840. The number of hydrogen-bond acceptors (Lipinski definition) is 5. The fourth-order valence-corrected chi connectivity index (χ4v) is 3.83. The smallest absolute Gasteiger partial charge is 0.253 e. The van der Waals surface area contributed by atoms with Gasteiger partial charge in [-0.15, -0.1) is 0 Å². The second-order valence-electron chi connectivity index (χ2n) is 7.40. The van der Waals surface area contributed by atoms with E-state index in [9.17, 15) is 9.59 Å². The van der Waals surface area contributed by atoms with Crippen molar-refractivity contribution in [3.63, 3.8) is 0 Å². The molecule has 0 aliphatic carbocycles. The number of carbonyl (C=O) groups excluding carboxylic acids is 2. The van der Waals surface area contributed by atoms with E-state index in [0.29, 0.717) is 38.2 Å². The van der Waals surface area contributed by atoms with Gasteiger partial charge in [0.05, 0.1) is 0 Å². The number of aryl methyl sites for hydroxylation is 1. The van der Waals surface area contributed by atoms with Gasteiger partial charge in [-0.3, -0.25) is 14.6 Å². The maximum absolute atomic E-state index is 12.9. The van der Waals surface area contributed by atoms with E-state index in [0.717, 1.165) is 11.1 Å². The van der Waals surface area contributed by atoms with Gasteiger partial charge in [-0.05, 0) is 37.1 Å². The molecule has 1 aromatic heterocycles. The molecule has 2 amide bonds. The molecule has 0 saturated carbocycles. The maximum atomic E-state index is 12.9. The minimum absolute atomic E-state index is 0.0353. The van der Waals surface area contributed by atoms with Gasteiger partial charge in [-0.2, -0.15) is 0 Å². The van der Waals surface area contributed by atoms with Crippen LogP contribution in [0.5, 0.6) is 0 Å². The third-order valence-electron chi connectivity index (χ3n) is 5.43. The lowest BCUT2D eigenvalue weighted by atomic mass is 10.0. The number of rotatable bonds is 3. The molecule has 1 aromatic carbocycles. The summed E-state index contributed by atoms with van der Waals surface area (Å²) in [7, 11) is 0. The minimum Gasteiger partial charge on any atom is -0.338 e. The summed E-state index contributed by atoms with van der Waals surface area (Å²) >= 11 is 0. The SMILES string of the molecule is Cc1cccc(C(=O)N2CCN(C(=O)C3CC(c4cccnc4)NN3)CC2)c1. The molecule has 0 radical (unpaired) electrons. The van der Waals surface area contributed by atoms with Crippen molar-refractivity contribution in [1.29, 1.82) is 0 Å². The summed E-state index contributed by atoms with van der Waals surface area (Å²) in [4.78, 5) is 33.4. The average molecular weight is 379 g/mol. The molecule has 3 heterocycles. The Kier molecular flexibility index (Phi) is 5.36. The maximum Gasteiger partial charge on any atom is 0.253 e. The van der Waals surface area contributed by atoms with E-state index in [1.165, 1.54) is 0 Å². The Morgan fingerprint density at radius 3 is 2.54 bits per heavy atom. The van der Waals surface area contributed by atoms with Crippen molar-refractivity contribution in [2.24, 2.45) is 0 Å². The summed E-state index contributed by atoms with van der Waals surface area (Å²) in [5.41, 5.74) is 9.16. The van der Waals surface area contributed by atoms with Gasteiger partial charge >= 0.3 is 0 Å². The first-order valence-corrected chi connectivity index (χ1v) is 9.67. The zero-order chi connectivity index (χ0) is 19.5. The Hall–Kier alpha value is -2.77. The van der Waals surface area contributed by atoms with Crippen LogP contribution in [-0.4, -0.2) is 58.8 Å². The predicted molar refractivity (Wildman–Crippen MR) is 105 cm³/mol. The number of hydrazine groups is 1. The zero-order valence-electron chi connectivity index (χ0n) is 16.0. The lowest BCUT2D eigenvalue weighted by Gasteiger charge is -2.36. The molecule has 0 bridgehead atoms. The molecule has 146 valence electrons. The third kappa shape index (κ3) is 3.90. The van der Waals surface area contributed by atoms with Gasteiger partial charge in [0.1, 0.15) is 6.04 Å². The fourth-order valence-electron chi connectivity index (χ4n) is 3.83. The second kappa shape index (κ2) is 8.08. The Labute approximate surface area is 164 Å². The molecule has 0 spiro atoms. The van der Waals surface area contributed by atoms with Crippen LogP contribution in [0, 0.1) is 6.92 Å². The summed E-state index contributed by atoms with van der Waals surface area (Å²) in [6, 6.07) is 11.4. The van der Waals surface area contributed by atoms with E-state index in [-0.39, 0.29) is 23.9 Å². The Balaban J connectivity index is 1.31. The monoisotopic (exact) mass is 379 g/mol. The highest BCUT2D eigenvalue weighted by molar-refractivity contribution is 5.94. The molecule has 2 unspecified atom stereocenters. The van der Waals surface area contributed by atoms with Crippen LogP contribution in [0.4, 0.5) is 0 Å². The second-order valence-corrected chi connectivity index (χ2v) is 7.40. The number of carbonyl (C=O) groups is 2. The molecule has 7 heteroatoms. The molecular weight excluding hydrogens is 354 g/mol. The summed E-state index contributed by atoms with van der Waals surface area (Å²) in [6.07, 6.45) is 4.25. The number of amides is 2. The Morgan fingerprint density at radius 2 is 1.82 bits per heavy atom. The summed E-state index contributed by atoms with van der Waals surface area (Å²) < 4.78 is 0. The molecule has 2 aromatic rings. The molecule has 2 aliphatic heterocycles. The molecule has 28 heavy (non-hydrogen) atoms. The van der Waals surface area contributed by atoms with Gasteiger partial charge in [-0.1, -0.05) is 23.8 Å². The average Bonchev–Trinajstić information content (AvgIpc) is 3.24. The van der Waals surface area contributed by atoms with Crippen LogP contribution < -0.4 is 10.9 Å². The van der Waals surface area contributed by atoms with Crippen molar-refractivity contribution >= 4 is 11.8 Å². The molecule has 4 rings (SSSR count). The minimum atomic E-state index is -0.260. The van der Waals surface area contributed by atoms with Crippen molar-refractivity contribution in [1.82, 2.24) is 25.6 Å². The number of benzene rings is 1. The van der Waals surface area contributed by atoms with Crippen LogP contribution in [0.3, 0.4) is 0 Å². The molecule has 7 nitrogen and oxygen atoms in total. The van der Waals surface area contributed by atoms with Crippen molar-refractivity contribution in [2.45, 2.75) is 25.4 Å². The summed E-state index contributed by atoms with van der Waals surface area (Å²) in [5.74, 6) is 0.120. The van der Waals surface area contributed by atoms with Crippen molar-refractivity contribution in [3.05, 3.63) is 65.5 Å². The molecule has 2 N–H and O–H groups in total. The molecule has 2 atom stereocenters. The van der Waals surface area contributed by atoms with Crippen molar-refractivity contribution in [2.75, 3.05) is 26.2 Å². The zero-order valence-corrected chi connectivity index (χ0v) is 16.0. The first-order valence-electron chi connectivity index (χ1n) is 9.67. The number of nitrogens with zero attached hydrogens (tertiary/aromatic N) is 3. The van der Waals surface area contributed by atoms with Crippen LogP contribution in [0.2, 0.25) is 0 Å². The highest BCUT2D eigenvalue weighted by Crippen LogP contribution is 2.22. The number of nitrogens with one attached hydrogen (secondary N) is 2. The Bertz CT molecular complexity index is 849. The predicted octanol–water partition coefficient (Wildman–Crippen LogP) is 1.28. The van der Waals surface area contributed by atoms with E-state index in [1.807, 2.05) is 59.3 Å². The first-order chi connectivity index (χ1) is 13.6. The van der Waals surface area contributed by atoms with Gasteiger partial charge in [0.25, 0.3) is 5.91 Å². The van der Waals surface area contributed by atoms with Crippen LogP contribution in [0.25, 0.3) is 0 Å². The van der Waals surface area contributed by atoms with Gasteiger partial charge in [0.2, 0.25) is 5.91 Å². The summed E-state index contributed by atoms with van der Waals surface area (Å²) in [5, 5.41) is 0. The number of aromatic nitrogens is 1. The lowest BCUT2D eigenvalue weighted by Crippen LogP contribution is -2.54. The number of hydrogen-bond donors (Lipinski definition) is 2. The van der Waals surface area contributed by atoms with E-state index < -0.39 is 0 Å². The van der Waals surface area contributed by atoms with Gasteiger partial charge in [0.15, 0.2) is 0 Å². The fraction of sp³-hybridized carbons (Fsp3) is 0.381. The Morgan fingerprint density at radius 1 is 1.04 bits per heavy atom. The standard InChI is InChI=1S/C21H25N5O2/c1-15-4-2-5-16(12-15)20(27)25-8-10-26(11-9-25)21(28)19-13-18(23-24-19)17-6-3-7-22-14-17/h2-7,12,14,18-19,23-24H,8-11,13H2,1H3. The molecule has 2 saturated heterocycles. The highest BCUT2D eigenvalue weighted by atomic mass is 16.2. The topological polar surface area (TPSA) is 77.6 Å². The first kappa shape index (κ1) is 18.6. The number of pyridine rings is 1. The van der Waals surface area contributed by atoms with Crippen molar-refractivity contribution in [3.8, 4) is 0 Å². The van der Waals surface area contributed by atoms with E-state index in [1.54, 1.807) is 6.20 Å². The lowest BCUT2D eigenvalue weighted by molar-refractivity contribution is -0.134. The largest absolute Gasteiger partial charge is 0.338 e. The van der Waals surface area contributed by atoms with Crippen molar-refractivity contribution < 1.29 is 9.59 Å². The van der Waals surface area contributed by atoms with Crippen LogP contribution in [0.1, 0.15) is 33.9 Å². The van der Waals surface area contributed by atoms with Gasteiger partial charge in [0, 0.05) is 50.2 Å². The van der Waals surface area contributed by atoms with Gasteiger partial charge < -0.3 is 9.80 Å². The van der Waals surface area contributed by atoms with E-state index >= 15 is 0 Å². The van der Waals surface area contributed by atoms with E-state index in [2.05, 4.69) is 15.8 Å². The number of piperazine rings is 1. The highest BCUT2D eigenvalue weighted by Gasteiger charge is 2.34. The normalized spacial score (nSPS) is 22.3. The van der Waals surface area contributed by atoms with Crippen LogP contribution in [0.15, 0.2) is 48.8 Å². The molecule has 2 aliphatic rings.